The molecule has 4 nitrogen and oxygen atoms in total. The van der Waals surface area contributed by atoms with Gasteiger partial charge in [0.05, 0.1) is 17.8 Å². The highest BCUT2D eigenvalue weighted by atomic mass is 16.3. The van der Waals surface area contributed by atoms with Crippen LogP contribution < -0.4 is 5.32 Å². The molecule has 1 fully saturated rings. The second kappa shape index (κ2) is 5.08. The van der Waals surface area contributed by atoms with Crippen LogP contribution in [0.2, 0.25) is 0 Å². The van der Waals surface area contributed by atoms with Crippen molar-refractivity contribution >= 4 is 5.52 Å². The van der Waals surface area contributed by atoms with Crippen LogP contribution in [-0.2, 0) is 6.54 Å². The Bertz CT molecular complexity index is 522. The zero-order valence-electron chi connectivity index (χ0n) is 10.4. The summed E-state index contributed by atoms with van der Waals surface area (Å²) in [6.45, 7) is 1.71. The Morgan fingerprint density at radius 3 is 3.17 bits per heavy atom. The van der Waals surface area contributed by atoms with Crippen LogP contribution in [0.25, 0.3) is 5.52 Å². The van der Waals surface area contributed by atoms with Crippen LogP contribution in [-0.4, -0.2) is 27.4 Å². The van der Waals surface area contributed by atoms with Crippen molar-refractivity contribution in [2.45, 2.75) is 31.9 Å². The van der Waals surface area contributed by atoms with Crippen molar-refractivity contribution in [2.24, 2.45) is 5.92 Å². The van der Waals surface area contributed by atoms with E-state index >= 15 is 0 Å². The Balaban J connectivity index is 1.60. The minimum atomic E-state index is -0.110. The normalized spacial score (nSPS) is 23.8. The van der Waals surface area contributed by atoms with Crippen LogP contribution >= 0.6 is 0 Å². The molecule has 1 aliphatic rings. The number of nitrogens with one attached hydrogen (secondary N) is 1. The summed E-state index contributed by atoms with van der Waals surface area (Å²) < 4.78 is 1.89. The van der Waals surface area contributed by atoms with Crippen LogP contribution in [0.15, 0.2) is 30.6 Å². The van der Waals surface area contributed by atoms with Crippen molar-refractivity contribution < 1.29 is 5.11 Å². The summed E-state index contributed by atoms with van der Waals surface area (Å²) in [5, 5.41) is 17.5. The van der Waals surface area contributed by atoms with E-state index in [9.17, 15) is 5.11 Å². The molecule has 0 spiro atoms. The van der Waals surface area contributed by atoms with Crippen molar-refractivity contribution in [3.8, 4) is 0 Å². The molecule has 2 unspecified atom stereocenters. The largest absolute Gasteiger partial charge is 0.393 e. The number of fused-ring (bicyclic) bond motifs is 1. The van der Waals surface area contributed by atoms with E-state index in [2.05, 4.69) is 16.5 Å². The summed E-state index contributed by atoms with van der Waals surface area (Å²) in [7, 11) is 0. The van der Waals surface area contributed by atoms with Gasteiger partial charge in [0.1, 0.15) is 0 Å². The second-order valence-electron chi connectivity index (χ2n) is 5.09. The quantitative estimate of drug-likeness (QED) is 0.860. The van der Waals surface area contributed by atoms with E-state index in [4.69, 9.17) is 0 Å². The maximum atomic E-state index is 9.76. The fraction of sp³-hybridized carbons (Fsp3) is 0.500. The maximum Gasteiger partial charge on any atom is 0.0706 e. The lowest BCUT2D eigenvalue weighted by molar-refractivity contribution is 0.131. The van der Waals surface area contributed by atoms with Crippen LogP contribution in [0.1, 0.15) is 24.8 Å². The number of aliphatic hydroxyl groups is 1. The summed E-state index contributed by atoms with van der Waals surface area (Å²) in [5.41, 5.74) is 2.36. The van der Waals surface area contributed by atoms with Gasteiger partial charge in [-0.2, -0.15) is 5.10 Å². The molecule has 4 heteroatoms. The topological polar surface area (TPSA) is 49.6 Å². The third-order valence-corrected chi connectivity index (χ3v) is 3.85. The fourth-order valence-electron chi connectivity index (χ4n) is 2.77. The highest BCUT2D eigenvalue weighted by Crippen LogP contribution is 2.24. The second-order valence-corrected chi connectivity index (χ2v) is 5.09. The number of rotatable bonds is 4. The number of hydrogen-bond acceptors (Lipinski definition) is 3. The van der Waals surface area contributed by atoms with Gasteiger partial charge in [-0.15, -0.1) is 0 Å². The van der Waals surface area contributed by atoms with Crippen LogP contribution in [0, 0.1) is 5.92 Å². The fourth-order valence-corrected chi connectivity index (χ4v) is 2.77. The van der Waals surface area contributed by atoms with Gasteiger partial charge in [-0.25, -0.2) is 4.52 Å². The van der Waals surface area contributed by atoms with Gasteiger partial charge in [-0.1, -0.05) is 12.5 Å². The van der Waals surface area contributed by atoms with Gasteiger partial charge in [-0.05, 0) is 30.9 Å². The van der Waals surface area contributed by atoms with Crippen molar-refractivity contribution in [2.75, 3.05) is 6.54 Å². The van der Waals surface area contributed by atoms with E-state index in [1.807, 2.05) is 29.0 Å². The van der Waals surface area contributed by atoms with Gasteiger partial charge in [0.2, 0.25) is 0 Å². The lowest BCUT2D eigenvalue weighted by Crippen LogP contribution is -2.27. The van der Waals surface area contributed by atoms with Crippen molar-refractivity contribution in [3.05, 3.63) is 36.2 Å². The molecule has 0 aromatic carbocycles. The van der Waals surface area contributed by atoms with E-state index in [0.29, 0.717) is 5.92 Å². The Hall–Kier alpha value is -1.39. The Labute approximate surface area is 107 Å². The van der Waals surface area contributed by atoms with Crippen molar-refractivity contribution in [3.63, 3.8) is 0 Å². The summed E-state index contributed by atoms with van der Waals surface area (Å²) in [5.74, 6) is 0.423. The molecule has 0 saturated heterocycles. The minimum Gasteiger partial charge on any atom is -0.393 e. The van der Waals surface area contributed by atoms with E-state index < -0.39 is 0 Å². The molecule has 0 amide bonds. The smallest absolute Gasteiger partial charge is 0.0706 e. The Kier molecular flexibility index (Phi) is 3.30. The van der Waals surface area contributed by atoms with Crippen LogP contribution in [0.4, 0.5) is 0 Å². The molecule has 96 valence electrons. The molecule has 0 bridgehead atoms. The molecule has 1 saturated carbocycles. The number of hydrogen-bond donors (Lipinski definition) is 2. The van der Waals surface area contributed by atoms with Gasteiger partial charge < -0.3 is 10.4 Å². The lowest BCUT2D eigenvalue weighted by Gasteiger charge is -2.14. The van der Waals surface area contributed by atoms with Gasteiger partial charge >= 0.3 is 0 Å². The summed E-state index contributed by atoms with van der Waals surface area (Å²) >= 11 is 0. The molecule has 2 aromatic rings. The molecule has 2 N–H and O–H groups in total. The first-order valence-corrected chi connectivity index (χ1v) is 6.64. The standard InChI is InChI=1S/C14H19N3O/c18-14-6-3-4-11(14)8-15-9-12-10-16-17-7-2-1-5-13(12)17/h1-2,5,7,10-11,14-15,18H,3-4,6,8-9H2. The Morgan fingerprint density at radius 1 is 1.39 bits per heavy atom. The van der Waals surface area contributed by atoms with Crippen LogP contribution in [0.3, 0.4) is 0 Å². The van der Waals surface area contributed by atoms with Gasteiger partial charge in [-0.3, -0.25) is 0 Å². The zero-order valence-corrected chi connectivity index (χ0v) is 10.4. The minimum absolute atomic E-state index is 0.110. The molecular formula is C14H19N3O. The van der Waals surface area contributed by atoms with Gasteiger partial charge in [0, 0.05) is 24.8 Å². The molecule has 2 atom stereocenters. The van der Waals surface area contributed by atoms with E-state index in [1.54, 1.807) is 0 Å². The average Bonchev–Trinajstić information content (AvgIpc) is 2.97. The van der Waals surface area contributed by atoms with E-state index in [1.165, 1.54) is 5.56 Å². The van der Waals surface area contributed by atoms with Gasteiger partial charge in [0.25, 0.3) is 0 Å². The number of aromatic nitrogens is 2. The van der Waals surface area contributed by atoms with Crippen molar-refractivity contribution in [1.29, 1.82) is 0 Å². The molecule has 2 heterocycles. The first-order valence-electron chi connectivity index (χ1n) is 6.64. The highest BCUT2D eigenvalue weighted by Gasteiger charge is 2.24. The maximum absolute atomic E-state index is 9.76. The molecule has 3 rings (SSSR count). The summed E-state index contributed by atoms with van der Waals surface area (Å²) in [6.07, 6.45) is 7.02. The van der Waals surface area contributed by atoms with Crippen LogP contribution in [0.5, 0.6) is 0 Å². The molecule has 1 aliphatic carbocycles. The SMILES string of the molecule is OC1CCCC1CNCc1cnn2ccccc12. The monoisotopic (exact) mass is 245 g/mol. The molecule has 0 aliphatic heterocycles. The van der Waals surface area contributed by atoms with Gasteiger partial charge in [0.15, 0.2) is 0 Å². The summed E-state index contributed by atoms with van der Waals surface area (Å²) in [4.78, 5) is 0. The highest BCUT2D eigenvalue weighted by molar-refractivity contribution is 5.53. The predicted octanol–water partition coefficient (Wildman–Crippen LogP) is 1.58. The zero-order chi connectivity index (χ0) is 12.4. The first kappa shape index (κ1) is 11.7. The predicted molar refractivity (Wildman–Crippen MR) is 70.2 cm³/mol. The number of pyridine rings is 1. The van der Waals surface area contributed by atoms with E-state index in [0.717, 1.165) is 37.9 Å². The number of nitrogens with zero attached hydrogens (tertiary/aromatic N) is 2. The first-order chi connectivity index (χ1) is 8.84. The van der Waals surface area contributed by atoms with E-state index in [-0.39, 0.29) is 6.10 Å². The third-order valence-electron chi connectivity index (χ3n) is 3.85. The third kappa shape index (κ3) is 2.26. The summed E-state index contributed by atoms with van der Waals surface area (Å²) in [6, 6.07) is 6.09. The molecule has 18 heavy (non-hydrogen) atoms. The lowest BCUT2D eigenvalue weighted by atomic mass is 10.1. The molecular weight excluding hydrogens is 226 g/mol. The number of aliphatic hydroxyl groups excluding tert-OH is 1. The average molecular weight is 245 g/mol. The molecule has 0 radical (unpaired) electrons. The molecule has 2 aromatic heterocycles. The van der Waals surface area contributed by atoms with Crippen molar-refractivity contribution in [1.82, 2.24) is 14.9 Å². The Morgan fingerprint density at radius 2 is 2.33 bits per heavy atom.